The lowest BCUT2D eigenvalue weighted by atomic mass is 10.2. The summed E-state index contributed by atoms with van der Waals surface area (Å²) in [4.78, 5) is 27.1. The number of amides is 2. The lowest BCUT2D eigenvalue weighted by molar-refractivity contribution is -0.117. The molecule has 0 radical (unpaired) electrons. The van der Waals surface area contributed by atoms with Gasteiger partial charge in [-0.25, -0.2) is 0 Å². The number of rotatable bonds is 10. The summed E-state index contributed by atoms with van der Waals surface area (Å²) >= 11 is 0. The van der Waals surface area contributed by atoms with E-state index < -0.39 is 0 Å². The van der Waals surface area contributed by atoms with Gasteiger partial charge in [-0.05, 0) is 42.0 Å². The van der Waals surface area contributed by atoms with Crippen molar-refractivity contribution in [2.24, 2.45) is 0 Å². The molecule has 6 heteroatoms. The summed E-state index contributed by atoms with van der Waals surface area (Å²) in [7, 11) is 1.55. The number of hydrogen-bond donors (Lipinski definition) is 2. The van der Waals surface area contributed by atoms with Crippen LogP contribution in [0.5, 0.6) is 5.75 Å². The average molecular weight is 430 g/mol. The zero-order valence-corrected chi connectivity index (χ0v) is 18.1. The first kappa shape index (κ1) is 22.8. The molecule has 2 N–H and O–H groups in total. The first-order valence-electron chi connectivity index (χ1n) is 10.3. The van der Waals surface area contributed by atoms with Gasteiger partial charge >= 0.3 is 0 Å². The molecule has 0 fully saturated rings. The van der Waals surface area contributed by atoms with Gasteiger partial charge in [0.2, 0.25) is 5.91 Å². The Morgan fingerprint density at radius 3 is 2.31 bits per heavy atom. The molecule has 3 rings (SSSR count). The Kier molecular flexibility index (Phi) is 8.17. The minimum atomic E-state index is -0.257. The molecule has 0 unspecified atom stereocenters. The number of para-hydroxylation sites is 2. The van der Waals surface area contributed by atoms with Crippen LogP contribution in [-0.4, -0.2) is 36.9 Å². The Labute approximate surface area is 188 Å². The van der Waals surface area contributed by atoms with E-state index in [4.69, 9.17) is 4.74 Å². The normalized spacial score (nSPS) is 10.4. The first-order valence-corrected chi connectivity index (χ1v) is 10.3. The molecule has 0 bridgehead atoms. The van der Waals surface area contributed by atoms with Gasteiger partial charge in [-0.3, -0.25) is 14.5 Å². The molecule has 0 saturated heterocycles. The third-order valence-corrected chi connectivity index (χ3v) is 4.79. The minimum absolute atomic E-state index is 0.131. The van der Waals surface area contributed by atoms with Crippen molar-refractivity contribution >= 4 is 23.2 Å². The van der Waals surface area contributed by atoms with Gasteiger partial charge in [-0.15, -0.1) is 6.58 Å². The Balaban J connectivity index is 1.57. The minimum Gasteiger partial charge on any atom is -0.495 e. The molecule has 0 atom stereocenters. The summed E-state index contributed by atoms with van der Waals surface area (Å²) in [5.74, 6) is 0.200. The maximum atomic E-state index is 12.5. The van der Waals surface area contributed by atoms with Crippen molar-refractivity contribution in [2.75, 3.05) is 30.8 Å². The van der Waals surface area contributed by atoms with Crippen molar-refractivity contribution in [1.82, 2.24) is 4.90 Å². The van der Waals surface area contributed by atoms with Crippen LogP contribution in [0, 0.1) is 0 Å². The largest absolute Gasteiger partial charge is 0.495 e. The van der Waals surface area contributed by atoms with E-state index in [-0.39, 0.29) is 18.4 Å². The van der Waals surface area contributed by atoms with E-state index in [2.05, 4.69) is 17.2 Å². The van der Waals surface area contributed by atoms with E-state index in [0.717, 1.165) is 5.56 Å². The monoisotopic (exact) mass is 429 g/mol. The summed E-state index contributed by atoms with van der Waals surface area (Å²) in [5.41, 5.74) is 2.83. The van der Waals surface area contributed by atoms with Crippen LogP contribution in [0.15, 0.2) is 91.5 Å². The molecule has 0 aliphatic rings. The molecule has 0 saturated carbocycles. The van der Waals surface area contributed by atoms with Crippen molar-refractivity contribution in [1.29, 1.82) is 0 Å². The molecule has 164 valence electrons. The first-order chi connectivity index (χ1) is 15.6. The van der Waals surface area contributed by atoms with Gasteiger partial charge in [0, 0.05) is 24.3 Å². The van der Waals surface area contributed by atoms with Crippen molar-refractivity contribution in [3.63, 3.8) is 0 Å². The maximum Gasteiger partial charge on any atom is 0.255 e. The van der Waals surface area contributed by atoms with Gasteiger partial charge in [-0.2, -0.15) is 0 Å². The van der Waals surface area contributed by atoms with Crippen LogP contribution in [0.3, 0.4) is 0 Å². The van der Waals surface area contributed by atoms with Crippen molar-refractivity contribution in [3.05, 3.63) is 103 Å². The molecule has 0 aromatic heterocycles. The Hall–Kier alpha value is -3.90. The molecule has 0 aliphatic heterocycles. The zero-order valence-electron chi connectivity index (χ0n) is 18.1. The molecular weight excluding hydrogens is 402 g/mol. The van der Waals surface area contributed by atoms with E-state index in [0.29, 0.717) is 35.8 Å². The number of anilines is 2. The van der Waals surface area contributed by atoms with Crippen LogP contribution >= 0.6 is 0 Å². The predicted octanol–water partition coefficient (Wildman–Crippen LogP) is 4.57. The van der Waals surface area contributed by atoms with E-state index in [1.165, 1.54) is 0 Å². The van der Waals surface area contributed by atoms with Gasteiger partial charge < -0.3 is 15.4 Å². The number of carbonyl (C=O) groups excluding carboxylic acids is 2. The van der Waals surface area contributed by atoms with Crippen LogP contribution in [-0.2, 0) is 11.3 Å². The zero-order chi connectivity index (χ0) is 22.8. The number of ether oxygens (including phenoxy) is 1. The Bertz CT molecular complexity index is 1050. The summed E-state index contributed by atoms with van der Waals surface area (Å²) in [5, 5.41) is 5.72. The lowest BCUT2D eigenvalue weighted by Gasteiger charge is -2.20. The number of carbonyl (C=O) groups is 2. The van der Waals surface area contributed by atoms with Crippen molar-refractivity contribution in [3.8, 4) is 5.75 Å². The summed E-state index contributed by atoms with van der Waals surface area (Å²) in [6.07, 6.45) is 1.78. The Morgan fingerprint density at radius 2 is 1.62 bits per heavy atom. The second-order valence-corrected chi connectivity index (χ2v) is 7.22. The fraction of sp³-hybridized carbons (Fsp3) is 0.154. The molecule has 6 nitrogen and oxygen atoms in total. The SMILES string of the molecule is C=CCN(CC(=O)Nc1ccc(C(=O)Nc2ccccc2OC)cc1)Cc1ccccc1. The predicted molar refractivity (Wildman–Crippen MR) is 128 cm³/mol. The second-order valence-electron chi connectivity index (χ2n) is 7.22. The van der Waals surface area contributed by atoms with Crippen LogP contribution in [0.4, 0.5) is 11.4 Å². The summed E-state index contributed by atoms with van der Waals surface area (Å²) < 4.78 is 5.26. The third-order valence-electron chi connectivity index (χ3n) is 4.79. The van der Waals surface area contributed by atoms with E-state index in [9.17, 15) is 9.59 Å². The second kappa shape index (κ2) is 11.5. The van der Waals surface area contributed by atoms with E-state index in [1.807, 2.05) is 47.4 Å². The van der Waals surface area contributed by atoms with Crippen molar-refractivity contribution in [2.45, 2.75) is 6.54 Å². The third kappa shape index (κ3) is 6.55. The highest BCUT2D eigenvalue weighted by Gasteiger charge is 2.12. The highest BCUT2D eigenvalue weighted by molar-refractivity contribution is 6.05. The molecule has 0 aliphatic carbocycles. The Morgan fingerprint density at radius 1 is 0.938 bits per heavy atom. The smallest absolute Gasteiger partial charge is 0.255 e. The summed E-state index contributed by atoms with van der Waals surface area (Å²) in [6.45, 7) is 5.27. The molecule has 0 heterocycles. The molecule has 0 spiro atoms. The van der Waals surface area contributed by atoms with Crippen molar-refractivity contribution < 1.29 is 14.3 Å². The van der Waals surface area contributed by atoms with Crippen LogP contribution in [0.1, 0.15) is 15.9 Å². The highest BCUT2D eigenvalue weighted by atomic mass is 16.5. The topological polar surface area (TPSA) is 70.7 Å². The quantitative estimate of drug-likeness (QED) is 0.463. The van der Waals surface area contributed by atoms with Gasteiger partial charge in [0.05, 0.1) is 19.3 Å². The number of hydrogen-bond acceptors (Lipinski definition) is 4. The lowest BCUT2D eigenvalue weighted by Crippen LogP contribution is -2.33. The number of nitrogens with one attached hydrogen (secondary N) is 2. The van der Waals surface area contributed by atoms with Crippen LogP contribution in [0.25, 0.3) is 0 Å². The van der Waals surface area contributed by atoms with Gasteiger partial charge in [-0.1, -0.05) is 48.5 Å². The molecule has 3 aromatic carbocycles. The fourth-order valence-electron chi connectivity index (χ4n) is 3.26. The van der Waals surface area contributed by atoms with E-state index >= 15 is 0 Å². The molecule has 32 heavy (non-hydrogen) atoms. The standard InChI is InChI=1S/C26H27N3O3/c1-3-17-29(18-20-9-5-4-6-10-20)19-25(30)27-22-15-13-21(14-16-22)26(31)28-23-11-7-8-12-24(23)32-2/h3-16H,1,17-19H2,2H3,(H,27,30)(H,28,31). The maximum absolute atomic E-state index is 12.5. The summed E-state index contributed by atoms with van der Waals surface area (Å²) in [6, 6.07) is 24.0. The van der Waals surface area contributed by atoms with Crippen LogP contribution < -0.4 is 15.4 Å². The average Bonchev–Trinajstić information content (AvgIpc) is 2.80. The van der Waals surface area contributed by atoms with Gasteiger partial charge in [0.25, 0.3) is 5.91 Å². The fourth-order valence-corrected chi connectivity index (χ4v) is 3.26. The molecule has 2 amide bonds. The number of methoxy groups -OCH3 is 1. The molecular formula is C26H27N3O3. The van der Waals surface area contributed by atoms with Crippen LogP contribution in [0.2, 0.25) is 0 Å². The van der Waals surface area contributed by atoms with E-state index in [1.54, 1.807) is 49.6 Å². The highest BCUT2D eigenvalue weighted by Crippen LogP contribution is 2.23. The number of benzene rings is 3. The van der Waals surface area contributed by atoms with Gasteiger partial charge in [0.1, 0.15) is 5.75 Å². The molecule has 3 aromatic rings. The number of nitrogens with zero attached hydrogens (tertiary/aromatic N) is 1. The van der Waals surface area contributed by atoms with Gasteiger partial charge in [0.15, 0.2) is 0 Å².